The fourth-order valence-corrected chi connectivity index (χ4v) is 4.06. The molecule has 0 amide bonds. The van der Waals surface area contributed by atoms with E-state index in [1.165, 1.54) is 6.20 Å². The number of hydrogen-bond acceptors (Lipinski definition) is 5. The Morgan fingerprint density at radius 1 is 1.17 bits per heavy atom. The Kier molecular flexibility index (Phi) is 6.29. The highest BCUT2D eigenvalue weighted by Crippen LogP contribution is 2.26. The molecule has 0 bridgehead atoms. The maximum Gasteiger partial charge on any atom is 0.281 e. The van der Waals surface area contributed by atoms with E-state index in [0.29, 0.717) is 5.65 Å². The van der Waals surface area contributed by atoms with Crippen LogP contribution in [0.25, 0.3) is 5.65 Å². The molecule has 4 rings (SSSR count). The Hall–Kier alpha value is -2.52. The fraction of sp³-hybridized carbons (Fsp3) is 0.524. The number of aryl methyl sites for hydroxylation is 1. The van der Waals surface area contributed by atoms with Gasteiger partial charge in [-0.2, -0.15) is 5.10 Å². The third kappa shape index (κ3) is 4.62. The maximum absolute atomic E-state index is 13.0. The summed E-state index contributed by atoms with van der Waals surface area (Å²) in [4.78, 5) is 3.98. The molecule has 0 radical (unpaired) electrons. The lowest BCUT2D eigenvalue weighted by Gasteiger charge is -2.31. The summed E-state index contributed by atoms with van der Waals surface area (Å²) in [5.41, 5.74) is 1.08. The number of nitrogens with one attached hydrogen (secondary N) is 2. The lowest BCUT2D eigenvalue weighted by Crippen LogP contribution is -2.39. The van der Waals surface area contributed by atoms with E-state index in [0.717, 1.165) is 50.0 Å². The van der Waals surface area contributed by atoms with Crippen molar-refractivity contribution in [1.29, 1.82) is 0 Å². The molecule has 162 valence electrons. The van der Waals surface area contributed by atoms with Gasteiger partial charge in [0.25, 0.3) is 6.43 Å². The number of aromatic nitrogens is 4. The number of pyridine rings is 1. The summed E-state index contributed by atoms with van der Waals surface area (Å²) in [5.74, 6) is 0.770. The second-order valence-corrected chi connectivity index (χ2v) is 7.90. The average molecular weight is 418 g/mol. The number of imidazole rings is 1. The second kappa shape index (κ2) is 9.09. The third-order valence-electron chi connectivity index (χ3n) is 5.63. The van der Waals surface area contributed by atoms with Gasteiger partial charge in [-0.05, 0) is 44.2 Å². The lowest BCUT2D eigenvalue weighted by molar-refractivity contribution is 0.113. The standard InChI is InChI=1S/C21H28F2N6O/c1-2-10-28-12-14(11-24-28)21(30)26-16-8-6-15(7-9-16)25-18-4-3-5-19-27-17(20(22)23)13-29(18)19/h3-5,11-13,15-16,20-21,25-26,30H,2,6-10H2,1H3. The highest BCUT2D eigenvalue weighted by atomic mass is 19.3. The first-order valence-electron chi connectivity index (χ1n) is 10.5. The largest absolute Gasteiger partial charge is 0.374 e. The molecular weight excluding hydrogens is 390 g/mol. The van der Waals surface area contributed by atoms with Gasteiger partial charge in [0, 0.05) is 36.6 Å². The first-order chi connectivity index (χ1) is 14.5. The number of nitrogens with zero attached hydrogens (tertiary/aromatic N) is 4. The van der Waals surface area contributed by atoms with Crippen LogP contribution in [0, 0.1) is 0 Å². The van der Waals surface area contributed by atoms with Crippen molar-refractivity contribution in [3.63, 3.8) is 0 Å². The minimum absolute atomic E-state index is 0.214. The second-order valence-electron chi connectivity index (χ2n) is 7.90. The van der Waals surface area contributed by atoms with Gasteiger partial charge >= 0.3 is 0 Å². The molecule has 0 spiro atoms. The van der Waals surface area contributed by atoms with E-state index in [-0.39, 0.29) is 17.8 Å². The maximum atomic E-state index is 13.0. The molecule has 0 saturated heterocycles. The molecule has 9 heteroatoms. The van der Waals surface area contributed by atoms with Gasteiger partial charge in [0.05, 0.1) is 6.20 Å². The molecule has 3 aromatic rings. The van der Waals surface area contributed by atoms with Gasteiger partial charge in [-0.3, -0.25) is 14.4 Å². The molecule has 1 aliphatic rings. The molecular formula is C21H28F2N6O. The zero-order valence-electron chi connectivity index (χ0n) is 17.0. The summed E-state index contributed by atoms with van der Waals surface area (Å²) in [5, 5.41) is 21.5. The van der Waals surface area contributed by atoms with Crippen LogP contribution in [0.4, 0.5) is 14.6 Å². The zero-order chi connectivity index (χ0) is 21.1. The number of fused-ring (bicyclic) bond motifs is 1. The van der Waals surface area contributed by atoms with E-state index < -0.39 is 12.7 Å². The molecule has 1 aliphatic carbocycles. The van der Waals surface area contributed by atoms with Crippen LogP contribution in [-0.4, -0.2) is 36.4 Å². The van der Waals surface area contributed by atoms with Crippen LogP contribution in [0.1, 0.15) is 62.9 Å². The van der Waals surface area contributed by atoms with Crippen molar-refractivity contribution in [2.45, 2.75) is 70.3 Å². The van der Waals surface area contributed by atoms with Crippen molar-refractivity contribution in [2.75, 3.05) is 5.32 Å². The van der Waals surface area contributed by atoms with Crippen molar-refractivity contribution in [3.05, 3.63) is 48.0 Å². The van der Waals surface area contributed by atoms with Crippen molar-refractivity contribution in [2.24, 2.45) is 0 Å². The van der Waals surface area contributed by atoms with Crippen LogP contribution in [0.5, 0.6) is 0 Å². The summed E-state index contributed by atoms with van der Waals surface area (Å²) in [7, 11) is 0. The van der Waals surface area contributed by atoms with E-state index in [2.05, 4.69) is 27.6 Å². The molecule has 1 atom stereocenters. The topological polar surface area (TPSA) is 79.4 Å². The number of halogens is 2. The predicted molar refractivity (Wildman–Crippen MR) is 110 cm³/mol. The fourth-order valence-electron chi connectivity index (χ4n) is 4.06. The zero-order valence-corrected chi connectivity index (χ0v) is 17.0. The lowest BCUT2D eigenvalue weighted by atomic mass is 9.91. The Morgan fingerprint density at radius 3 is 2.67 bits per heavy atom. The number of alkyl halides is 2. The Morgan fingerprint density at radius 2 is 1.93 bits per heavy atom. The minimum Gasteiger partial charge on any atom is -0.374 e. The van der Waals surface area contributed by atoms with Crippen LogP contribution in [0.3, 0.4) is 0 Å². The van der Waals surface area contributed by atoms with E-state index in [9.17, 15) is 13.9 Å². The predicted octanol–water partition coefficient (Wildman–Crippen LogP) is 3.88. The number of hydrogen-bond donors (Lipinski definition) is 3. The summed E-state index contributed by atoms with van der Waals surface area (Å²) >= 11 is 0. The van der Waals surface area contributed by atoms with E-state index in [1.54, 1.807) is 16.7 Å². The van der Waals surface area contributed by atoms with Gasteiger partial charge in [-0.15, -0.1) is 0 Å². The van der Waals surface area contributed by atoms with E-state index >= 15 is 0 Å². The molecule has 1 fully saturated rings. The highest BCUT2D eigenvalue weighted by Gasteiger charge is 2.24. The number of aliphatic hydroxyl groups excluding tert-OH is 1. The van der Waals surface area contributed by atoms with Crippen LogP contribution >= 0.6 is 0 Å². The number of aliphatic hydroxyl groups is 1. The number of rotatable bonds is 8. The Labute approximate surface area is 174 Å². The molecule has 3 N–H and O–H groups in total. The minimum atomic E-state index is -2.58. The Balaban J connectivity index is 1.32. The van der Waals surface area contributed by atoms with Gasteiger partial charge in [0.1, 0.15) is 23.4 Å². The molecule has 7 nitrogen and oxygen atoms in total. The molecule has 30 heavy (non-hydrogen) atoms. The highest BCUT2D eigenvalue weighted by molar-refractivity contribution is 5.51. The first kappa shape index (κ1) is 20.7. The van der Waals surface area contributed by atoms with Crippen LogP contribution in [0.15, 0.2) is 36.8 Å². The first-order valence-corrected chi connectivity index (χ1v) is 10.5. The average Bonchev–Trinajstić information content (AvgIpc) is 3.37. The van der Waals surface area contributed by atoms with Crippen molar-refractivity contribution < 1.29 is 13.9 Å². The van der Waals surface area contributed by atoms with Gasteiger partial charge in [0.2, 0.25) is 0 Å². The molecule has 3 heterocycles. The monoisotopic (exact) mass is 418 g/mol. The molecule has 1 unspecified atom stereocenters. The van der Waals surface area contributed by atoms with Gasteiger partial charge in [-0.25, -0.2) is 13.8 Å². The van der Waals surface area contributed by atoms with Gasteiger partial charge in [0.15, 0.2) is 0 Å². The van der Waals surface area contributed by atoms with Gasteiger partial charge < -0.3 is 10.4 Å². The van der Waals surface area contributed by atoms with Crippen LogP contribution in [0.2, 0.25) is 0 Å². The Bertz CT molecular complexity index is 963. The summed E-state index contributed by atoms with van der Waals surface area (Å²) in [6.07, 6.45) is 6.35. The van der Waals surface area contributed by atoms with Crippen molar-refractivity contribution >= 4 is 11.5 Å². The van der Waals surface area contributed by atoms with Crippen molar-refractivity contribution in [3.8, 4) is 0 Å². The molecule has 3 aromatic heterocycles. The van der Waals surface area contributed by atoms with Crippen LogP contribution < -0.4 is 10.6 Å². The normalized spacial score (nSPS) is 20.7. The molecule has 0 aromatic carbocycles. The summed E-state index contributed by atoms with van der Waals surface area (Å²) in [6, 6.07) is 5.90. The SMILES string of the molecule is CCCn1cc(C(O)NC2CCC(Nc3cccc4nc(C(F)F)cn34)CC2)cn1. The molecule has 0 aliphatic heterocycles. The smallest absolute Gasteiger partial charge is 0.281 e. The summed E-state index contributed by atoms with van der Waals surface area (Å²) in [6.45, 7) is 2.93. The van der Waals surface area contributed by atoms with E-state index in [4.69, 9.17) is 0 Å². The van der Waals surface area contributed by atoms with Gasteiger partial charge in [-0.1, -0.05) is 13.0 Å². The van der Waals surface area contributed by atoms with E-state index in [1.807, 2.05) is 23.0 Å². The quantitative estimate of drug-likeness (QED) is 0.484. The van der Waals surface area contributed by atoms with Crippen molar-refractivity contribution in [1.82, 2.24) is 24.5 Å². The third-order valence-corrected chi connectivity index (χ3v) is 5.63. The molecule has 1 saturated carbocycles. The summed E-state index contributed by atoms with van der Waals surface area (Å²) < 4.78 is 29.5. The number of anilines is 1. The van der Waals surface area contributed by atoms with Crippen LogP contribution in [-0.2, 0) is 6.54 Å².